The molecular formula is C17H20N2O3S. The summed E-state index contributed by atoms with van der Waals surface area (Å²) in [7, 11) is -0.510. The zero-order valence-corrected chi connectivity index (χ0v) is 14.4. The third kappa shape index (κ3) is 3.78. The van der Waals surface area contributed by atoms with Gasteiger partial charge in [0.15, 0.2) is 0 Å². The molecule has 0 atom stereocenters. The Balaban J connectivity index is 2.18. The molecule has 0 radical (unpaired) electrons. The van der Waals surface area contributed by atoms with E-state index in [4.69, 9.17) is 0 Å². The average Bonchev–Trinajstić information content (AvgIpc) is 2.50. The SMILES string of the molecule is Cc1ccc(C(=O)Nc2ccc(S(=O)(=O)N(C)C)cc2)cc1C. The number of rotatable bonds is 4. The van der Waals surface area contributed by atoms with E-state index < -0.39 is 10.0 Å². The summed E-state index contributed by atoms with van der Waals surface area (Å²) < 4.78 is 25.1. The number of amides is 1. The lowest BCUT2D eigenvalue weighted by molar-refractivity contribution is 0.102. The molecule has 0 spiro atoms. The van der Waals surface area contributed by atoms with Gasteiger partial charge in [-0.25, -0.2) is 12.7 Å². The first-order valence-electron chi connectivity index (χ1n) is 7.13. The molecule has 2 rings (SSSR count). The van der Waals surface area contributed by atoms with Gasteiger partial charge >= 0.3 is 0 Å². The molecule has 5 nitrogen and oxygen atoms in total. The van der Waals surface area contributed by atoms with E-state index in [-0.39, 0.29) is 10.8 Å². The van der Waals surface area contributed by atoms with Crippen molar-refractivity contribution in [3.8, 4) is 0 Å². The number of nitrogens with one attached hydrogen (secondary N) is 1. The molecule has 0 aliphatic rings. The fourth-order valence-electron chi connectivity index (χ4n) is 2.01. The van der Waals surface area contributed by atoms with Gasteiger partial charge in [0.1, 0.15) is 0 Å². The van der Waals surface area contributed by atoms with Crippen LogP contribution in [0.2, 0.25) is 0 Å². The van der Waals surface area contributed by atoms with Gasteiger partial charge in [0.2, 0.25) is 10.0 Å². The largest absolute Gasteiger partial charge is 0.322 e. The molecule has 0 heterocycles. The minimum absolute atomic E-state index is 0.187. The van der Waals surface area contributed by atoms with Gasteiger partial charge in [-0.2, -0.15) is 0 Å². The summed E-state index contributed by atoms with van der Waals surface area (Å²) in [5.74, 6) is -0.226. The first kappa shape index (κ1) is 17.2. The molecule has 0 aliphatic heterocycles. The highest BCUT2D eigenvalue weighted by Gasteiger charge is 2.16. The normalized spacial score (nSPS) is 11.5. The van der Waals surface area contributed by atoms with Crippen LogP contribution in [0.5, 0.6) is 0 Å². The van der Waals surface area contributed by atoms with Gasteiger partial charge in [-0.3, -0.25) is 4.79 Å². The maximum Gasteiger partial charge on any atom is 0.255 e. The summed E-state index contributed by atoms with van der Waals surface area (Å²) in [4.78, 5) is 12.4. The third-order valence-corrected chi connectivity index (χ3v) is 5.49. The zero-order chi connectivity index (χ0) is 17.2. The molecule has 0 fully saturated rings. The standard InChI is InChI=1S/C17H20N2O3S/c1-12-5-6-14(11-13(12)2)17(20)18-15-7-9-16(10-8-15)23(21,22)19(3)4/h5-11H,1-4H3,(H,18,20). The molecule has 0 saturated heterocycles. The first-order chi connectivity index (χ1) is 10.7. The summed E-state index contributed by atoms with van der Waals surface area (Å²) in [5, 5.41) is 2.77. The first-order valence-corrected chi connectivity index (χ1v) is 8.57. The van der Waals surface area contributed by atoms with E-state index in [1.807, 2.05) is 26.0 Å². The molecule has 23 heavy (non-hydrogen) atoms. The smallest absolute Gasteiger partial charge is 0.255 e. The second kappa shape index (κ2) is 6.52. The van der Waals surface area contributed by atoms with Gasteiger partial charge < -0.3 is 5.32 Å². The number of sulfonamides is 1. The predicted octanol–water partition coefficient (Wildman–Crippen LogP) is 2.81. The Morgan fingerprint density at radius 1 is 0.957 bits per heavy atom. The van der Waals surface area contributed by atoms with Crippen LogP contribution in [0, 0.1) is 13.8 Å². The number of nitrogens with zero attached hydrogens (tertiary/aromatic N) is 1. The van der Waals surface area contributed by atoms with E-state index in [0.29, 0.717) is 11.3 Å². The molecule has 0 aliphatic carbocycles. The molecule has 1 N–H and O–H groups in total. The molecule has 0 bridgehead atoms. The molecule has 0 unspecified atom stereocenters. The molecule has 1 amide bonds. The highest BCUT2D eigenvalue weighted by atomic mass is 32.2. The maximum atomic E-state index is 12.2. The molecule has 6 heteroatoms. The number of benzene rings is 2. The van der Waals surface area contributed by atoms with Crippen molar-refractivity contribution < 1.29 is 13.2 Å². The Bertz CT molecular complexity index is 825. The van der Waals surface area contributed by atoms with E-state index in [9.17, 15) is 13.2 Å². The summed E-state index contributed by atoms with van der Waals surface area (Å²) in [5.41, 5.74) is 3.29. The van der Waals surface area contributed by atoms with E-state index in [1.54, 1.807) is 18.2 Å². The van der Waals surface area contributed by atoms with Crippen molar-refractivity contribution in [2.24, 2.45) is 0 Å². The number of carbonyl (C=O) groups excluding carboxylic acids is 1. The van der Waals surface area contributed by atoms with Gasteiger partial charge in [-0.05, 0) is 61.4 Å². The van der Waals surface area contributed by atoms with Crippen LogP contribution in [-0.2, 0) is 10.0 Å². The molecule has 2 aromatic carbocycles. The van der Waals surface area contributed by atoms with Gasteiger partial charge in [0, 0.05) is 25.3 Å². The topological polar surface area (TPSA) is 66.5 Å². The van der Waals surface area contributed by atoms with Crippen molar-refractivity contribution in [3.05, 3.63) is 59.2 Å². The highest BCUT2D eigenvalue weighted by molar-refractivity contribution is 7.89. The van der Waals surface area contributed by atoms with Crippen molar-refractivity contribution in [2.75, 3.05) is 19.4 Å². The van der Waals surface area contributed by atoms with E-state index >= 15 is 0 Å². The van der Waals surface area contributed by atoms with E-state index in [2.05, 4.69) is 5.32 Å². The number of hydrogen-bond acceptors (Lipinski definition) is 3. The highest BCUT2D eigenvalue weighted by Crippen LogP contribution is 2.18. The van der Waals surface area contributed by atoms with Crippen LogP contribution in [0.3, 0.4) is 0 Å². The van der Waals surface area contributed by atoms with Crippen LogP contribution in [-0.4, -0.2) is 32.7 Å². The van der Waals surface area contributed by atoms with Gasteiger partial charge in [0.05, 0.1) is 4.90 Å². The minimum atomic E-state index is -3.46. The van der Waals surface area contributed by atoms with Crippen molar-refractivity contribution in [3.63, 3.8) is 0 Å². The quantitative estimate of drug-likeness (QED) is 0.936. The van der Waals surface area contributed by atoms with Gasteiger partial charge in [-0.1, -0.05) is 6.07 Å². The van der Waals surface area contributed by atoms with Crippen LogP contribution in [0.15, 0.2) is 47.4 Å². The Morgan fingerprint density at radius 2 is 1.57 bits per heavy atom. The Hall–Kier alpha value is -2.18. The Kier molecular flexibility index (Phi) is 4.87. The minimum Gasteiger partial charge on any atom is -0.322 e. The third-order valence-electron chi connectivity index (χ3n) is 3.66. The molecule has 122 valence electrons. The lowest BCUT2D eigenvalue weighted by Crippen LogP contribution is -2.22. The summed E-state index contributed by atoms with van der Waals surface area (Å²) >= 11 is 0. The van der Waals surface area contributed by atoms with Crippen LogP contribution < -0.4 is 5.32 Å². The van der Waals surface area contributed by atoms with Gasteiger partial charge in [-0.15, -0.1) is 0 Å². The Morgan fingerprint density at radius 3 is 2.09 bits per heavy atom. The van der Waals surface area contributed by atoms with Crippen LogP contribution in [0.1, 0.15) is 21.5 Å². The van der Waals surface area contributed by atoms with Crippen molar-refractivity contribution in [1.82, 2.24) is 4.31 Å². The Labute approximate surface area is 137 Å². The summed E-state index contributed by atoms with van der Waals surface area (Å²) in [6, 6.07) is 11.6. The van der Waals surface area contributed by atoms with Crippen LogP contribution in [0.25, 0.3) is 0 Å². The average molecular weight is 332 g/mol. The second-order valence-electron chi connectivity index (χ2n) is 5.56. The number of anilines is 1. The van der Waals surface area contributed by atoms with Gasteiger partial charge in [0.25, 0.3) is 5.91 Å². The molecule has 0 saturated carbocycles. The predicted molar refractivity (Wildman–Crippen MR) is 91.2 cm³/mol. The lowest BCUT2D eigenvalue weighted by Gasteiger charge is -2.12. The molecule has 0 aromatic heterocycles. The fourth-order valence-corrected chi connectivity index (χ4v) is 2.91. The summed E-state index contributed by atoms with van der Waals surface area (Å²) in [6.07, 6.45) is 0. The van der Waals surface area contributed by atoms with Crippen molar-refractivity contribution in [2.45, 2.75) is 18.7 Å². The van der Waals surface area contributed by atoms with Crippen molar-refractivity contribution in [1.29, 1.82) is 0 Å². The number of aryl methyl sites for hydroxylation is 2. The fraction of sp³-hybridized carbons (Fsp3) is 0.235. The zero-order valence-electron chi connectivity index (χ0n) is 13.6. The van der Waals surface area contributed by atoms with E-state index in [1.165, 1.54) is 26.2 Å². The van der Waals surface area contributed by atoms with E-state index in [0.717, 1.165) is 15.4 Å². The number of carbonyl (C=O) groups is 1. The number of hydrogen-bond donors (Lipinski definition) is 1. The summed E-state index contributed by atoms with van der Waals surface area (Å²) in [6.45, 7) is 3.94. The second-order valence-corrected chi connectivity index (χ2v) is 7.72. The van der Waals surface area contributed by atoms with Crippen LogP contribution in [0.4, 0.5) is 5.69 Å². The van der Waals surface area contributed by atoms with Crippen LogP contribution >= 0.6 is 0 Å². The molecule has 2 aromatic rings. The molecular weight excluding hydrogens is 312 g/mol. The van der Waals surface area contributed by atoms with Crippen molar-refractivity contribution >= 4 is 21.6 Å². The lowest BCUT2D eigenvalue weighted by atomic mass is 10.1. The monoisotopic (exact) mass is 332 g/mol. The maximum absolute atomic E-state index is 12.2.